The number of thiophene rings is 1. The zero-order valence-electron chi connectivity index (χ0n) is 13.8. The molecule has 128 valence electrons. The van der Waals surface area contributed by atoms with Gasteiger partial charge in [0.15, 0.2) is 5.82 Å². The van der Waals surface area contributed by atoms with E-state index in [9.17, 15) is 4.79 Å². The lowest BCUT2D eigenvalue weighted by molar-refractivity contribution is -0.123. The molecule has 1 unspecified atom stereocenters. The first-order valence-corrected chi connectivity index (χ1v) is 9.34. The molecule has 1 atom stereocenters. The second-order valence-corrected chi connectivity index (χ2v) is 7.12. The maximum atomic E-state index is 12.6. The van der Waals surface area contributed by atoms with Gasteiger partial charge < -0.3 is 9.88 Å². The van der Waals surface area contributed by atoms with Crippen molar-refractivity contribution in [2.45, 2.75) is 31.7 Å². The van der Waals surface area contributed by atoms with Gasteiger partial charge in [0.25, 0.3) is 0 Å². The first-order chi connectivity index (χ1) is 12.3. The topological polar surface area (TPSA) is 72.7 Å². The van der Waals surface area contributed by atoms with Crippen LogP contribution in [0.25, 0.3) is 11.4 Å². The Labute approximate surface area is 149 Å². The minimum Gasteiger partial charge on any atom is -0.355 e. The van der Waals surface area contributed by atoms with Crippen LogP contribution in [0.15, 0.2) is 42.0 Å². The fourth-order valence-corrected chi connectivity index (χ4v) is 3.93. The lowest BCUT2D eigenvalue weighted by atomic mass is 9.97. The Balaban J connectivity index is 1.48. The van der Waals surface area contributed by atoms with Crippen molar-refractivity contribution in [2.24, 2.45) is 0 Å². The average Bonchev–Trinajstić information content (AvgIpc) is 3.31. The third-order valence-corrected chi connectivity index (χ3v) is 5.41. The monoisotopic (exact) mass is 353 g/mol. The maximum absolute atomic E-state index is 12.6. The number of nitrogens with one attached hydrogen (secondary N) is 1. The van der Waals surface area contributed by atoms with Gasteiger partial charge in [-0.2, -0.15) is 0 Å². The summed E-state index contributed by atoms with van der Waals surface area (Å²) >= 11 is 1.72. The van der Waals surface area contributed by atoms with E-state index >= 15 is 0 Å². The van der Waals surface area contributed by atoms with Crippen molar-refractivity contribution in [3.8, 4) is 11.4 Å². The average molecular weight is 353 g/mol. The maximum Gasteiger partial charge on any atom is 0.230 e. The Kier molecular flexibility index (Phi) is 4.56. The lowest BCUT2D eigenvalue weighted by Gasteiger charge is -2.23. The fourth-order valence-electron chi connectivity index (χ4n) is 3.23. The molecule has 4 rings (SSSR count). The number of amides is 1. The number of rotatable bonds is 5. The fraction of sp³-hybridized carbons (Fsp3) is 0.333. The molecular formula is C18H19N5OS. The van der Waals surface area contributed by atoms with Crippen LogP contribution in [0.5, 0.6) is 0 Å². The second kappa shape index (κ2) is 7.14. The number of carbonyl (C=O) groups is 1. The number of hydrogen-bond acceptors (Lipinski definition) is 5. The van der Waals surface area contributed by atoms with Gasteiger partial charge in [0, 0.05) is 35.9 Å². The smallest absolute Gasteiger partial charge is 0.230 e. The molecule has 0 saturated heterocycles. The number of aromatic nitrogens is 4. The second-order valence-electron chi connectivity index (χ2n) is 6.08. The molecule has 0 aliphatic carbocycles. The first-order valence-electron chi connectivity index (χ1n) is 8.46. The Bertz CT molecular complexity index is 844. The largest absolute Gasteiger partial charge is 0.355 e. The van der Waals surface area contributed by atoms with E-state index in [2.05, 4.69) is 36.5 Å². The molecule has 0 saturated carbocycles. The van der Waals surface area contributed by atoms with Gasteiger partial charge >= 0.3 is 0 Å². The molecule has 1 N–H and O–H groups in total. The molecule has 1 amide bonds. The van der Waals surface area contributed by atoms with E-state index < -0.39 is 0 Å². The van der Waals surface area contributed by atoms with Crippen molar-refractivity contribution in [1.29, 1.82) is 0 Å². The van der Waals surface area contributed by atoms with Gasteiger partial charge in [0.1, 0.15) is 5.82 Å². The van der Waals surface area contributed by atoms with Crippen LogP contribution in [-0.2, 0) is 17.8 Å². The van der Waals surface area contributed by atoms with Crippen molar-refractivity contribution < 1.29 is 4.79 Å². The highest BCUT2D eigenvalue weighted by molar-refractivity contribution is 7.09. The van der Waals surface area contributed by atoms with Gasteiger partial charge in [-0.3, -0.25) is 9.78 Å². The molecule has 0 bridgehead atoms. The van der Waals surface area contributed by atoms with Gasteiger partial charge in [-0.25, -0.2) is 0 Å². The van der Waals surface area contributed by atoms with E-state index in [0.717, 1.165) is 43.0 Å². The third-order valence-electron chi connectivity index (χ3n) is 4.47. The number of fused-ring (bicyclic) bond motifs is 1. The van der Waals surface area contributed by atoms with Crippen LogP contribution < -0.4 is 5.32 Å². The molecule has 3 aromatic rings. The van der Waals surface area contributed by atoms with Crippen molar-refractivity contribution in [2.75, 3.05) is 6.54 Å². The van der Waals surface area contributed by atoms with Crippen molar-refractivity contribution >= 4 is 17.2 Å². The highest BCUT2D eigenvalue weighted by Gasteiger charge is 2.30. The molecule has 6 nitrogen and oxygen atoms in total. The summed E-state index contributed by atoms with van der Waals surface area (Å²) in [4.78, 5) is 18.0. The van der Waals surface area contributed by atoms with Crippen LogP contribution in [-0.4, -0.2) is 32.2 Å². The minimum absolute atomic E-state index is 0.0474. The van der Waals surface area contributed by atoms with Crippen LogP contribution in [0.3, 0.4) is 0 Å². The van der Waals surface area contributed by atoms with Gasteiger partial charge in [-0.1, -0.05) is 6.07 Å². The molecule has 0 spiro atoms. The zero-order chi connectivity index (χ0) is 17.1. The summed E-state index contributed by atoms with van der Waals surface area (Å²) in [5.74, 6) is 1.41. The van der Waals surface area contributed by atoms with E-state index in [1.807, 2.05) is 18.2 Å². The summed E-state index contributed by atoms with van der Waals surface area (Å²) in [6.07, 6.45) is 6.12. The lowest BCUT2D eigenvalue weighted by Crippen LogP contribution is -2.34. The van der Waals surface area contributed by atoms with E-state index in [4.69, 9.17) is 0 Å². The van der Waals surface area contributed by atoms with Crippen LogP contribution >= 0.6 is 11.3 Å². The highest BCUT2D eigenvalue weighted by atomic mass is 32.1. The van der Waals surface area contributed by atoms with Gasteiger partial charge in [0.2, 0.25) is 5.91 Å². The highest BCUT2D eigenvalue weighted by Crippen LogP contribution is 2.30. The van der Waals surface area contributed by atoms with E-state index in [0.29, 0.717) is 6.54 Å². The third kappa shape index (κ3) is 3.32. The number of nitrogens with zero attached hydrogens (tertiary/aromatic N) is 4. The summed E-state index contributed by atoms with van der Waals surface area (Å²) in [6.45, 7) is 1.50. The Morgan fingerprint density at radius 3 is 2.96 bits per heavy atom. The van der Waals surface area contributed by atoms with Crippen LogP contribution in [0.1, 0.15) is 29.5 Å². The molecule has 0 fully saturated rings. The number of carbonyl (C=O) groups excluding carboxylic acids is 1. The van der Waals surface area contributed by atoms with E-state index in [1.54, 1.807) is 23.7 Å². The van der Waals surface area contributed by atoms with E-state index in [1.165, 1.54) is 4.88 Å². The van der Waals surface area contributed by atoms with Gasteiger partial charge in [-0.15, -0.1) is 21.5 Å². The number of hydrogen-bond donors (Lipinski definition) is 1. The summed E-state index contributed by atoms with van der Waals surface area (Å²) in [5.41, 5.74) is 0.979. The summed E-state index contributed by atoms with van der Waals surface area (Å²) < 4.78 is 2.07. The standard InChI is InChI=1S/C18H19N5OS/c24-18(20-10-7-14-3-2-12-25-14)15-4-1-11-23-16(21-22-17(15)23)13-5-8-19-9-6-13/h2-3,5-6,8-9,12,15H,1,4,7,10-11H2,(H,20,24). The molecule has 0 radical (unpaired) electrons. The molecule has 4 heterocycles. The Morgan fingerprint density at radius 2 is 2.16 bits per heavy atom. The molecule has 7 heteroatoms. The van der Waals surface area contributed by atoms with Gasteiger partial charge in [0.05, 0.1) is 5.92 Å². The summed E-state index contributed by atoms with van der Waals surface area (Å²) in [5, 5.41) is 13.8. The summed E-state index contributed by atoms with van der Waals surface area (Å²) in [6, 6.07) is 7.96. The Morgan fingerprint density at radius 1 is 1.28 bits per heavy atom. The van der Waals surface area contributed by atoms with Crippen LogP contribution in [0.2, 0.25) is 0 Å². The minimum atomic E-state index is -0.222. The molecular weight excluding hydrogens is 334 g/mol. The number of pyridine rings is 1. The van der Waals surface area contributed by atoms with Crippen LogP contribution in [0.4, 0.5) is 0 Å². The Hall–Kier alpha value is -2.54. The molecule has 3 aromatic heterocycles. The predicted molar refractivity (Wildman–Crippen MR) is 96.3 cm³/mol. The van der Waals surface area contributed by atoms with Crippen molar-refractivity contribution in [3.63, 3.8) is 0 Å². The normalized spacial score (nSPS) is 16.4. The predicted octanol–water partition coefficient (Wildman–Crippen LogP) is 2.64. The molecule has 0 aromatic carbocycles. The molecule has 1 aliphatic rings. The van der Waals surface area contributed by atoms with Crippen molar-refractivity contribution in [3.05, 3.63) is 52.7 Å². The zero-order valence-corrected chi connectivity index (χ0v) is 14.6. The summed E-state index contributed by atoms with van der Waals surface area (Å²) in [7, 11) is 0. The molecule has 1 aliphatic heterocycles. The van der Waals surface area contributed by atoms with Gasteiger partial charge in [-0.05, 0) is 42.8 Å². The SMILES string of the molecule is O=C(NCCc1cccs1)C1CCCn2c(-c3ccncc3)nnc21. The van der Waals surface area contributed by atoms with Crippen LogP contribution in [0, 0.1) is 0 Å². The molecule has 25 heavy (non-hydrogen) atoms. The first kappa shape index (κ1) is 16.0. The van der Waals surface area contributed by atoms with E-state index in [-0.39, 0.29) is 11.8 Å². The van der Waals surface area contributed by atoms with Crippen molar-refractivity contribution in [1.82, 2.24) is 25.1 Å². The quantitative estimate of drug-likeness (QED) is 0.765.